The molecule has 0 saturated carbocycles. The quantitative estimate of drug-likeness (QED) is 0.693. The Bertz CT molecular complexity index is 255. The second-order valence-corrected chi connectivity index (χ2v) is 2.40. The first-order chi connectivity index (χ1) is 5.25. The second kappa shape index (κ2) is 3.19. The summed E-state index contributed by atoms with van der Waals surface area (Å²) in [5.74, 6) is -0.195. The molecule has 0 aliphatic heterocycles. The molecule has 1 aromatic carbocycles. The van der Waals surface area contributed by atoms with Gasteiger partial charge in [0, 0.05) is 5.56 Å². The molecule has 1 radical (unpaired) electrons. The molecule has 1 atom stereocenters. The molecule has 2 nitrogen and oxygen atoms in total. The normalized spacial score (nSPS) is 12.5. The van der Waals surface area contributed by atoms with Crippen molar-refractivity contribution in [1.82, 2.24) is 0 Å². The maximum Gasteiger partial charge on any atom is 0.206 e. The summed E-state index contributed by atoms with van der Waals surface area (Å²) in [6.45, 7) is 1.70. The number of aromatic hydroxyl groups is 1. The van der Waals surface area contributed by atoms with Crippen LogP contribution in [0.1, 0.15) is 18.4 Å². The molecule has 0 heterocycles. The highest BCUT2D eigenvalue weighted by Gasteiger charge is 2.07. The molecule has 0 aromatic heterocycles. The van der Waals surface area contributed by atoms with Crippen LogP contribution in [-0.4, -0.2) is 11.4 Å². The summed E-state index contributed by atoms with van der Waals surface area (Å²) in [4.78, 5) is 10.2. The molecule has 1 aromatic rings. The Balaban J connectivity index is 3.02. The van der Waals surface area contributed by atoms with Gasteiger partial charge in [0.05, 0.1) is 5.92 Å². The molecule has 1 rings (SSSR count). The van der Waals surface area contributed by atoms with E-state index in [9.17, 15) is 9.90 Å². The summed E-state index contributed by atoms with van der Waals surface area (Å²) >= 11 is 0. The first-order valence-electron chi connectivity index (χ1n) is 3.41. The van der Waals surface area contributed by atoms with Crippen molar-refractivity contribution >= 4 is 6.29 Å². The fourth-order valence-electron chi connectivity index (χ4n) is 0.917. The molecule has 0 aliphatic rings. The molecule has 11 heavy (non-hydrogen) atoms. The molecule has 57 valence electrons. The van der Waals surface area contributed by atoms with Gasteiger partial charge in [-0.2, -0.15) is 0 Å². The van der Waals surface area contributed by atoms with Crippen LogP contribution in [0, 0.1) is 0 Å². The number of phenols is 1. The summed E-state index contributed by atoms with van der Waals surface area (Å²) < 4.78 is 0. The average molecular weight is 149 g/mol. The van der Waals surface area contributed by atoms with Crippen molar-refractivity contribution in [2.24, 2.45) is 0 Å². The predicted molar refractivity (Wildman–Crippen MR) is 42.2 cm³/mol. The highest BCUT2D eigenvalue weighted by molar-refractivity contribution is 5.64. The highest BCUT2D eigenvalue weighted by atomic mass is 16.3. The van der Waals surface area contributed by atoms with Gasteiger partial charge in [0.25, 0.3) is 0 Å². The van der Waals surface area contributed by atoms with Gasteiger partial charge in [-0.1, -0.05) is 25.1 Å². The molecule has 0 spiro atoms. The Morgan fingerprint density at radius 2 is 2.09 bits per heavy atom. The van der Waals surface area contributed by atoms with Crippen LogP contribution in [0.5, 0.6) is 5.75 Å². The van der Waals surface area contributed by atoms with Crippen molar-refractivity contribution in [2.75, 3.05) is 0 Å². The van der Waals surface area contributed by atoms with E-state index in [1.165, 1.54) is 0 Å². The monoisotopic (exact) mass is 149 g/mol. The maximum absolute atomic E-state index is 10.2. The fourth-order valence-corrected chi connectivity index (χ4v) is 0.917. The van der Waals surface area contributed by atoms with Gasteiger partial charge >= 0.3 is 0 Å². The molecule has 0 aliphatic carbocycles. The number of para-hydroxylation sites is 1. The number of hydrogen-bond donors (Lipinski definition) is 1. The zero-order valence-corrected chi connectivity index (χ0v) is 6.24. The van der Waals surface area contributed by atoms with Gasteiger partial charge in [-0.15, -0.1) is 0 Å². The third kappa shape index (κ3) is 1.58. The number of carbonyl (C=O) groups excluding carboxylic acids is 1. The van der Waals surface area contributed by atoms with E-state index in [0.717, 1.165) is 0 Å². The molecular formula is C9H9O2. The van der Waals surface area contributed by atoms with Gasteiger partial charge in [-0.05, 0) is 6.07 Å². The molecule has 1 N–H and O–H groups in total. The van der Waals surface area contributed by atoms with E-state index in [-0.39, 0.29) is 11.7 Å². The zero-order chi connectivity index (χ0) is 8.27. The van der Waals surface area contributed by atoms with E-state index in [0.29, 0.717) is 5.56 Å². The van der Waals surface area contributed by atoms with Gasteiger partial charge < -0.3 is 5.11 Å². The zero-order valence-electron chi connectivity index (χ0n) is 6.24. The second-order valence-electron chi connectivity index (χ2n) is 2.40. The van der Waals surface area contributed by atoms with Gasteiger partial charge in [-0.25, -0.2) is 0 Å². The Kier molecular flexibility index (Phi) is 2.26. The molecule has 0 amide bonds. The SMILES string of the molecule is CC([C]=O)c1ccccc1O. The van der Waals surface area contributed by atoms with Crippen molar-refractivity contribution < 1.29 is 9.90 Å². The van der Waals surface area contributed by atoms with Crippen LogP contribution in [0.25, 0.3) is 0 Å². The van der Waals surface area contributed by atoms with Crippen molar-refractivity contribution in [3.8, 4) is 5.75 Å². The van der Waals surface area contributed by atoms with Crippen molar-refractivity contribution in [3.63, 3.8) is 0 Å². The summed E-state index contributed by atoms with van der Waals surface area (Å²) in [5, 5.41) is 9.23. The van der Waals surface area contributed by atoms with Crippen LogP contribution >= 0.6 is 0 Å². The van der Waals surface area contributed by atoms with Crippen LogP contribution in [-0.2, 0) is 4.79 Å². The first-order valence-corrected chi connectivity index (χ1v) is 3.41. The van der Waals surface area contributed by atoms with E-state index in [1.807, 2.05) is 6.29 Å². The summed E-state index contributed by atoms with van der Waals surface area (Å²) in [5.41, 5.74) is 0.627. The summed E-state index contributed by atoms with van der Waals surface area (Å²) in [6.07, 6.45) is 1.81. The van der Waals surface area contributed by atoms with Gasteiger partial charge in [0.2, 0.25) is 6.29 Å². The molecular weight excluding hydrogens is 140 g/mol. The van der Waals surface area contributed by atoms with Crippen molar-refractivity contribution in [2.45, 2.75) is 12.8 Å². The van der Waals surface area contributed by atoms with Gasteiger partial charge in [-0.3, -0.25) is 4.79 Å². The molecule has 0 saturated heterocycles. The lowest BCUT2D eigenvalue weighted by molar-refractivity contribution is 0.465. The van der Waals surface area contributed by atoms with Crippen molar-refractivity contribution in [1.29, 1.82) is 0 Å². The summed E-state index contributed by atoms with van der Waals surface area (Å²) in [6, 6.07) is 6.77. The Labute approximate surface area is 65.5 Å². The topological polar surface area (TPSA) is 37.3 Å². The minimum Gasteiger partial charge on any atom is -0.508 e. The van der Waals surface area contributed by atoms with E-state index >= 15 is 0 Å². The van der Waals surface area contributed by atoms with Gasteiger partial charge in [0.15, 0.2) is 0 Å². The standard InChI is InChI=1S/C9H9O2/c1-7(6-10)8-4-2-3-5-9(8)11/h2-5,7,11H,1H3. The van der Waals surface area contributed by atoms with Crippen LogP contribution < -0.4 is 0 Å². The molecule has 0 bridgehead atoms. The molecule has 2 heteroatoms. The Hall–Kier alpha value is -1.31. The van der Waals surface area contributed by atoms with Crippen LogP contribution in [0.4, 0.5) is 0 Å². The molecule has 0 fully saturated rings. The largest absolute Gasteiger partial charge is 0.508 e. The fraction of sp³-hybridized carbons (Fsp3) is 0.222. The van der Waals surface area contributed by atoms with Gasteiger partial charge in [0.1, 0.15) is 5.75 Å². The number of phenolic OH excluding ortho intramolecular Hbond substituents is 1. The summed E-state index contributed by atoms with van der Waals surface area (Å²) in [7, 11) is 0. The minimum atomic E-state index is -0.351. The number of rotatable bonds is 2. The minimum absolute atomic E-state index is 0.156. The van der Waals surface area contributed by atoms with E-state index in [4.69, 9.17) is 0 Å². The predicted octanol–water partition coefficient (Wildman–Crippen LogP) is 1.61. The number of hydrogen-bond acceptors (Lipinski definition) is 2. The smallest absolute Gasteiger partial charge is 0.206 e. The van der Waals surface area contributed by atoms with E-state index in [2.05, 4.69) is 0 Å². The average Bonchev–Trinajstić information content (AvgIpc) is 2.04. The number of benzene rings is 1. The lowest BCUT2D eigenvalue weighted by Crippen LogP contribution is -1.93. The lowest BCUT2D eigenvalue weighted by Gasteiger charge is -2.04. The van der Waals surface area contributed by atoms with E-state index < -0.39 is 0 Å². The van der Waals surface area contributed by atoms with Crippen LogP contribution in [0.3, 0.4) is 0 Å². The maximum atomic E-state index is 10.2. The molecule has 1 unspecified atom stereocenters. The third-order valence-corrected chi connectivity index (χ3v) is 1.58. The third-order valence-electron chi connectivity index (χ3n) is 1.58. The van der Waals surface area contributed by atoms with E-state index in [1.54, 1.807) is 31.2 Å². The lowest BCUT2D eigenvalue weighted by atomic mass is 10.0. The Morgan fingerprint density at radius 3 is 2.64 bits per heavy atom. The highest BCUT2D eigenvalue weighted by Crippen LogP contribution is 2.22. The first kappa shape index (κ1) is 7.79. The van der Waals surface area contributed by atoms with Crippen LogP contribution in [0.2, 0.25) is 0 Å². The van der Waals surface area contributed by atoms with Crippen LogP contribution in [0.15, 0.2) is 24.3 Å². The van der Waals surface area contributed by atoms with Crippen molar-refractivity contribution in [3.05, 3.63) is 29.8 Å². The Morgan fingerprint density at radius 1 is 1.45 bits per heavy atom.